The molecular formula is C21H29NOSi2. The van der Waals surface area contributed by atoms with Crippen LogP contribution in [0.15, 0.2) is 48.5 Å². The van der Waals surface area contributed by atoms with Crippen LogP contribution in [0.4, 0.5) is 0 Å². The highest BCUT2D eigenvalue weighted by Crippen LogP contribution is 2.29. The average molecular weight is 368 g/mol. The lowest BCUT2D eigenvalue weighted by molar-refractivity contribution is 0.418. The zero-order valence-corrected chi connectivity index (χ0v) is 18.5. The van der Waals surface area contributed by atoms with E-state index in [1.165, 1.54) is 27.1 Å². The number of nitrogens with zero attached hydrogens (tertiary/aromatic N) is 1. The topological polar surface area (TPSA) is 14.2 Å². The molecule has 0 saturated heterocycles. The van der Waals surface area contributed by atoms with Gasteiger partial charge < -0.3 is 9.30 Å². The molecule has 132 valence electrons. The molecule has 1 heterocycles. The van der Waals surface area contributed by atoms with Crippen molar-refractivity contribution in [2.24, 2.45) is 0 Å². The number of hydrogen-bond donors (Lipinski definition) is 0. The molecule has 0 atom stereocenters. The fraction of sp³-hybridized carbons (Fsp3) is 0.333. The molecule has 0 amide bonds. The average Bonchev–Trinajstić information content (AvgIpc) is 2.93. The van der Waals surface area contributed by atoms with Crippen LogP contribution in [0, 0.1) is 0 Å². The Labute approximate surface area is 153 Å². The minimum absolute atomic E-state index is 0.951. The summed E-state index contributed by atoms with van der Waals surface area (Å²) >= 11 is 0. The normalized spacial score (nSPS) is 12.6. The highest BCUT2D eigenvalue weighted by atomic mass is 28.3. The Kier molecular flexibility index (Phi) is 4.46. The molecule has 2 aromatic carbocycles. The van der Waals surface area contributed by atoms with Crippen molar-refractivity contribution < 1.29 is 4.74 Å². The van der Waals surface area contributed by atoms with Crippen LogP contribution in [-0.4, -0.2) is 27.8 Å². The van der Waals surface area contributed by atoms with Gasteiger partial charge in [0.1, 0.15) is 5.75 Å². The van der Waals surface area contributed by atoms with Gasteiger partial charge in [0.15, 0.2) is 0 Å². The van der Waals surface area contributed by atoms with Gasteiger partial charge in [-0.3, -0.25) is 0 Å². The van der Waals surface area contributed by atoms with Crippen LogP contribution in [0.3, 0.4) is 0 Å². The van der Waals surface area contributed by atoms with Crippen LogP contribution in [0.5, 0.6) is 5.75 Å². The second kappa shape index (κ2) is 6.18. The predicted octanol–water partition coefficient (Wildman–Crippen LogP) is 4.73. The van der Waals surface area contributed by atoms with Gasteiger partial charge in [0, 0.05) is 16.4 Å². The summed E-state index contributed by atoms with van der Waals surface area (Å²) in [5.74, 6) is 0.951. The van der Waals surface area contributed by atoms with Crippen molar-refractivity contribution in [1.29, 1.82) is 0 Å². The van der Waals surface area contributed by atoms with Crippen molar-refractivity contribution in [1.82, 2.24) is 4.57 Å². The summed E-state index contributed by atoms with van der Waals surface area (Å²) in [5, 5.41) is 4.22. The molecule has 3 rings (SSSR count). The second-order valence-electron chi connectivity index (χ2n) is 8.78. The van der Waals surface area contributed by atoms with Crippen molar-refractivity contribution >= 4 is 37.6 Å². The van der Waals surface area contributed by atoms with E-state index < -0.39 is 16.1 Å². The van der Waals surface area contributed by atoms with E-state index >= 15 is 0 Å². The minimum atomic E-state index is -1.54. The fourth-order valence-corrected chi connectivity index (χ4v) is 6.55. The Balaban J connectivity index is 2.48. The number of methoxy groups -OCH3 is 1. The van der Waals surface area contributed by atoms with E-state index in [1.54, 1.807) is 7.11 Å². The SMILES string of the molecule is COc1cccc2cc([Si](C)(C)C)n(-c3ccccc3[Si](C)(C)C)c12. The van der Waals surface area contributed by atoms with Crippen molar-refractivity contribution in [3.8, 4) is 11.4 Å². The molecule has 4 heteroatoms. The first-order chi connectivity index (χ1) is 11.6. The number of hydrogen-bond acceptors (Lipinski definition) is 1. The third kappa shape index (κ3) is 3.21. The van der Waals surface area contributed by atoms with Gasteiger partial charge in [-0.2, -0.15) is 0 Å². The molecule has 0 unspecified atom stereocenters. The number of benzene rings is 2. The van der Waals surface area contributed by atoms with E-state index in [0.717, 1.165) is 5.75 Å². The van der Waals surface area contributed by atoms with Crippen LogP contribution in [0.2, 0.25) is 39.3 Å². The first kappa shape index (κ1) is 18.0. The third-order valence-corrected chi connectivity index (χ3v) is 8.67. The van der Waals surface area contributed by atoms with E-state index in [9.17, 15) is 0 Å². The minimum Gasteiger partial charge on any atom is -0.495 e. The molecule has 0 bridgehead atoms. The molecular weight excluding hydrogens is 338 g/mol. The first-order valence-electron chi connectivity index (χ1n) is 8.93. The maximum Gasteiger partial charge on any atom is 0.143 e. The number of ether oxygens (including phenoxy) is 1. The summed E-state index contributed by atoms with van der Waals surface area (Å²) in [6, 6.07) is 17.7. The molecule has 0 aliphatic rings. The quantitative estimate of drug-likeness (QED) is 0.608. The van der Waals surface area contributed by atoms with Crippen LogP contribution >= 0.6 is 0 Å². The molecule has 0 aliphatic carbocycles. The van der Waals surface area contributed by atoms with Crippen molar-refractivity contribution in [2.45, 2.75) is 39.3 Å². The lowest BCUT2D eigenvalue weighted by atomic mass is 10.2. The molecule has 0 aliphatic heterocycles. The zero-order chi connectivity index (χ0) is 18.4. The number of fused-ring (bicyclic) bond motifs is 1. The Morgan fingerprint density at radius 3 is 2.08 bits per heavy atom. The van der Waals surface area contributed by atoms with Gasteiger partial charge in [-0.25, -0.2) is 0 Å². The summed E-state index contributed by atoms with van der Waals surface area (Å²) in [6.45, 7) is 14.5. The molecule has 0 saturated carbocycles. The van der Waals surface area contributed by atoms with Crippen LogP contribution < -0.4 is 15.2 Å². The summed E-state index contributed by atoms with van der Waals surface area (Å²) < 4.78 is 8.24. The Hall–Kier alpha value is -1.79. The Morgan fingerprint density at radius 2 is 1.48 bits per heavy atom. The molecule has 0 radical (unpaired) electrons. The van der Waals surface area contributed by atoms with Crippen LogP contribution in [-0.2, 0) is 0 Å². The van der Waals surface area contributed by atoms with E-state index in [2.05, 4.69) is 92.4 Å². The van der Waals surface area contributed by atoms with Gasteiger partial charge in [-0.15, -0.1) is 0 Å². The summed E-state index contributed by atoms with van der Waals surface area (Å²) in [6.07, 6.45) is 0. The van der Waals surface area contributed by atoms with Gasteiger partial charge in [-0.05, 0) is 23.4 Å². The molecule has 0 spiro atoms. The molecule has 0 fully saturated rings. The van der Waals surface area contributed by atoms with Crippen molar-refractivity contribution in [3.05, 3.63) is 48.5 Å². The first-order valence-corrected chi connectivity index (χ1v) is 15.9. The monoisotopic (exact) mass is 367 g/mol. The summed E-state index contributed by atoms with van der Waals surface area (Å²) in [5.41, 5.74) is 2.53. The van der Waals surface area contributed by atoms with Crippen LogP contribution in [0.25, 0.3) is 16.6 Å². The molecule has 0 N–H and O–H groups in total. The lowest BCUT2D eigenvalue weighted by Gasteiger charge is -2.26. The molecule has 2 nitrogen and oxygen atoms in total. The lowest BCUT2D eigenvalue weighted by Crippen LogP contribution is -2.46. The van der Waals surface area contributed by atoms with E-state index in [-0.39, 0.29) is 0 Å². The number of para-hydroxylation sites is 2. The standard InChI is InChI=1S/C21H29NOSi2/c1-23-18-13-10-11-16-15-20(25(5,6)7)22(21(16)18)17-12-8-9-14-19(17)24(2,3)4/h8-15H,1-7H3. The Bertz CT molecular complexity index is 914. The van der Waals surface area contributed by atoms with Gasteiger partial charge in [0.2, 0.25) is 0 Å². The third-order valence-electron chi connectivity index (χ3n) is 4.73. The van der Waals surface area contributed by atoms with E-state index in [1.807, 2.05) is 0 Å². The fourth-order valence-electron chi connectivity index (χ4n) is 3.50. The highest BCUT2D eigenvalue weighted by Gasteiger charge is 2.28. The largest absolute Gasteiger partial charge is 0.495 e. The molecule has 25 heavy (non-hydrogen) atoms. The second-order valence-corrected chi connectivity index (χ2v) is 18.8. The summed E-state index contributed by atoms with van der Waals surface area (Å²) in [7, 11) is -1.25. The van der Waals surface area contributed by atoms with E-state index in [4.69, 9.17) is 4.74 Å². The predicted molar refractivity (Wildman–Crippen MR) is 116 cm³/mol. The Morgan fingerprint density at radius 1 is 0.800 bits per heavy atom. The zero-order valence-electron chi connectivity index (χ0n) is 16.5. The number of rotatable bonds is 4. The molecule has 1 aromatic heterocycles. The van der Waals surface area contributed by atoms with Crippen molar-refractivity contribution in [3.63, 3.8) is 0 Å². The highest BCUT2D eigenvalue weighted by molar-refractivity contribution is 6.90. The van der Waals surface area contributed by atoms with Gasteiger partial charge in [0.25, 0.3) is 0 Å². The van der Waals surface area contributed by atoms with Gasteiger partial charge >= 0.3 is 0 Å². The van der Waals surface area contributed by atoms with E-state index in [0.29, 0.717) is 0 Å². The molecule has 3 aromatic rings. The maximum absolute atomic E-state index is 5.75. The van der Waals surface area contributed by atoms with Crippen molar-refractivity contribution in [2.75, 3.05) is 7.11 Å². The van der Waals surface area contributed by atoms with Gasteiger partial charge in [0.05, 0.1) is 28.8 Å². The van der Waals surface area contributed by atoms with Crippen LogP contribution in [0.1, 0.15) is 0 Å². The maximum atomic E-state index is 5.75. The van der Waals surface area contributed by atoms with Gasteiger partial charge in [-0.1, -0.05) is 69.6 Å². The summed E-state index contributed by atoms with van der Waals surface area (Å²) in [4.78, 5) is 0. The number of aromatic nitrogens is 1. The smallest absolute Gasteiger partial charge is 0.143 e.